The Kier molecular flexibility index (Phi) is 3.71. The summed E-state index contributed by atoms with van der Waals surface area (Å²) in [4.78, 5) is 23.1. The summed E-state index contributed by atoms with van der Waals surface area (Å²) in [7, 11) is 0. The van der Waals surface area contributed by atoms with Gasteiger partial charge in [0.25, 0.3) is 0 Å². The van der Waals surface area contributed by atoms with Crippen LogP contribution in [0, 0.1) is 5.92 Å². The number of nitrogens with one attached hydrogen (secondary N) is 2. The summed E-state index contributed by atoms with van der Waals surface area (Å²) in [5.74, 6) is -1.71. The first-order valence-electron chi connectivity index (χ1n) is 6.09. The molecular weight excluding hydrogens is 248 g/mol. The van der Waals surface area contributed by atoms with Crippen LogP contribution in [0.4, 0.5) is 5.69 Å². The summed E-state index contributed by atoms with van der Waals surface area (Å²) >= 11 is 0. The van der Waals surface area contributed by atoms with Crippen LogP contribution in [0.3, 0.4) is 0 Å². The number of anilines is 1. The van der Waals surface area contributed by atoms with E-state index in [0.717, 1.165) is 19.0 Å². The molecule has 2 atom stereocenters. The molecule has 1 aromatic rings. The van der Waals surface area contributed by atoms with Crippen molar-refractivity contribution >= 4 is 17.6 Å². The predicted molar refractivity (Wildman–Crippen MR) is 69.3 cm³/mol. The molecule has 0 bridgehead atoms. The van der Waals surface area contributed by atoms with Gasteiger partial charge in [-0.25, -0.2) is 4.79 Å². The minimum absolute atomic E-state index is 0.0744. The second kappa shape index (κ2) is 5.27. The molecule has 4 N–H and O–H groups in total. The summed E-state index contributed by atoms with van der Waals surface area (Å²) in [6.45, 7) is 2.70. The van der Waals surface area contributed by atoms with Crippen LogP contribution in [0.15, 0.2) is 18.2 Å². The normalized spacial score (nSPS) is 22.2. The van der Waals surface area contributed by atoms with Crippen molar-refractivity contribution in [1.82, 2.24) is 5.32 Å². The van der Waals surface area contributed by atoms with Crippen LogP contribution in [0.25, 0.3) is 0 Å². The molecule has 1 aromatic carbocycles. The fraction of sp³-hybridized carbons (Fsp3) is 0.385. The van der Waals surface area contributed by atoms with Gasteiger partial charge in [0.2, 0.25) is 5.91 Å². The topological polar surface area (TPSA) is 98.7 Å². The minimum atomic E-state index is -1.19. The third-order valence-corrected chi connectivity index (χ3v) is 3.35. The zero-order chi connectivity index (χ0) is 14.0. The minimum Gasteiger partial charge on any atom is -0.508 e. The van der Waals surface area contributed by atoms with Crippen molar-refractivity contribution in [3.8, 4) is 5.75 Å². The molecule has 0 saturated carbocycles. The Morgan fingerprint density at radius 2 is 2.16 bits per heavy atom. The lowest BCUT2D eigenvalue weighted by molar-refractivity contribution is -0.120. The summed E-state index contributed by atoms with van der Waals surface area (Å²) in [5.41, 5.74) is 0.0846. The second-order valence-corrected chi connectivity index (χ2v) is 4.66. The number of amides is 1. The third-order valence-electron chi connectivity index (χ3n) is 3.35. The number of carbonyl (C=O) groups excluding carboxylic acids is 1. The number of phenols is 1. The van der Waals surface area contributed by atoms with E-state index in [4.69, 9.17) is 5.11 Å². The van der Waals surface area contributed by atoms with Gasteiger partial charge in [-0.1, -0.05) is 0 Å². The first-order valence-corrected chi connectivity index (χ1v) is 6.09. The molecule has 102 valence electrons. The van der Waals surface area contributed by atoms with Crippen LogP contribution in [0.1, 0.15) is 23.7 Å². The predicted octanol–water partition coefficient (Wildman–Crippen LogP) is 1.03. The molecule has 1 fully saturated rings. The van der Waals surface area contributed by atoms with Gasteiger partial charge in [-0.2, -0.15) is 0 Å². The standard InChI is InChI=1S/C13H16N2O4/c1-7-9(4-5-14-7)12(17)15-11-3-2-8(16)6-10(11)13(18)19/h2-3,6-7,9,14,16H,4-5H2,1H3,(H,15,17)(H,18,19). The van der Waals surface area contributed by atoms with Crippen molar-refractivity contribution in [2.24, 2.45) is 5.92 Å². The van der Waals surface area contributed by atoms with Crippen LogP contribution in [-0.2, 0) is 4.79 Å². The molecular formula is C13H16N2O4. The summed E-state index contributed by atoms with van der Waals surface area (Å²) in [6, 6.07) is 3.93. The van der Waals surface area contributed by atoms with Crippen LogP contribution in [-0.4, -0.2) is 34.7 Å². The first-order chi connectivity index (χ1) is 8.99. The fourth-order valence-corrected chi connectivity index (χ4v) is 2.26. The van der Waals surface area contributed by atoms with Crippen molar-refractivity contribution in [2.75, 3.05) is 11.9 Å². The SMILES string of the molecule is CC1NCCC1C(=O)Nc1ccc(O)cc1C(=O)O. The largest absolute Gasteiger partial charge is 0.508 e. The highest BCUT2D eigenvalue weighted by Gasteiger charge is 2.30. The van der Waals surface area contributed by atoms with Gasteiger partial charge in [-0.15, -0.1) is 0 Å². The molecule has 0 aliphatic carbocycles. The molecule has 2 rings (SSSR count). The molecule has 1 amide bonds. The number of rotatable bonds is 3. The van der Waals surface area contributed by atoms with Crippen molar-refractivity contribution in [3.05, 3.63) is 23.8 Å². The van der Waals surface area contributed by atoms with Crippen LogP contribution in [0.2, 0.25) is 0 Å². The molecule has 1 saturated heterocycles. The molecule has 19 heavy (non-hydrogen) atoms. The van der Waals surface area contributed by atoms with Crippen LogP contribution in [0.5, 0.6) is 5.75 Å². The zero-order valence-corrected chi connectivity index (χ0v) is 10.5. The number of carboxylic acids is 1. The molecule has 0 aromatic heterocycles. The van der Waals surface area contributed by atoms with Gasteiger partial charge in [-0.3, -0.25) is 4.79 Å². The third kappa shape index (κ3) is 2.85. The number of benzene rings is 1. The highest BCUT2D eigenvalue weighted by molar-refractivity contribution is 6.01. The van der Waals surface area contributed by atoms with Gasteiger partial charge >= 0.3 is 5.97 Å². The molecule has 6 nitrogen and oxygen atoms in total. The quantitative estimate of drug-likeness (QED) is 0.611. The highest BCUT2D eigenvalue weighted by atomic mass is 16.4. The Bertz CT molecular complexity index is 515. The Labute approximate surface area is 110 Å². The second-order valence-electron chi connectivity index (χ2n) is 4.66. The van der Waals surface area contributed by atoms with Crippen molar-refractivity contribution in [2.45, 2.75) is 19.4 Å². The lowest BCUT2D eigenvalue weighted by Gasteiger charge is -2.16. The number of hydrogen-bond acceptors (Lipinski definition) is 4. The van der Waals surface area contributed by atoms with Gasteiger partial charge < -0.3 is 20.8 Å². The number of hydrogen-bond donors (Lipinski definition) is 4. The van der Waals surface area contributed by atoms with E-state index < -0.39 is 5.97 Å². The monoisotopic (exact) mass is 264 g/mol. The van der Waals surface area contributed by atoms with Crippen LogP contribution >= 0.6 is 0 Å². The summed E-state index contributed by atoms with van der Waals surface area (Å²) < 4.78 is 0. The fourth-order valence-electron chi connectivity index (χ4n) is 2.26. The van der Waals surface area contributed by atoms with Gasteiger partial charge in [0.05, 0.1) is 17.2 Å². The highest BCUT2D eigenvalue weighted by Crippen LogP contribution is 2.23. The number of carboxylic acid groups (broad SMARTS) is 1. The first kappa shape index (κ1) is 13.4. The molecule has 0 radical (unpaired) electrons. The van der Waals surface area contributed by atoms with Crippen LogP contribution < -0.4 is 10.6 Å². The average molecular weight is 264 g/mol. The van der Waals surface area contributed by atoms with Gasteiger partial charge in [0.15, 0.2) is 0 Å². The van der Waals surface area contributed by atoms with E-state index in [9.17, 15) is 14.7 Å². The Morgan fingerprint density at radius 3 is 2.74 bits per heavy atom. The molecule has 1 aliphatic rings. The maximum absolute atomic E-state index is 12.1. The van der Waals surface area contributed by atoms with E-state index in [0.29, 0.717) is 0 Å². The van der Waals surface area contributed by atoms with Crippen molar-refractivity contribution in [1.29, 1.82) is 0 Å². The molecule has 2 unspecified atom stereocenters. The van der Waals surface area contributed by atoms with Gasteiger partial charge in [-0.05, 0) is 38.1 Å². The van der Waals surface area contributed by atoms with E-state index in [1.54, 1.807) is 0 Å². The lowest BCUT2D eigenvalue weighted by atomic mass is 10.0. The summed E-state index contributed by atoms with van der Waals surface area (Å²) in [5, 5.41) is 24.1. The molecule has 0 spiro atoms. The van der Waals surface area contributed by atoms with Crippen molar-refractivity contribution < 1.29 is 19.8 Å². The molecule has 6 heteroatoms. The Balaban J connectivity index is 2.19. The zero-order valence-electron chi connectivity index (χ0n) is 10.5. The van der Waals surface area contributed by atoms with Gasteiger partial charge in [0.1, 0.15) is 5.75 Å². The van der Waals surface area contributed by atoms with E-state index in [-0.39, 0.29) is 34.9 Å². The van der Waals surface area contributed by atoms with Crippen molar-refractivity contribution in [3.63, 3.8) is 0 Å². The average Bonchev–Trinajstić information content (AvgIpc) is 2.77. The molecule has 1 heterocycles. The number of aromatic carboxylic acids is 1. The van der Waals surface area contributed by atoms with Gasteiger partial charge in [0, 0.05) is 6.04 Å². The lowest BCUT2D eigenvalue weighted by Crippen LogP contribution is -2.32. The maximum atomic E-state index is 12.1. The Morgan fingerprint density at radius 1 is 1.42 bits per heavy atom. The maximum Gasteiger partial charge on any atom is 0.337 e. The smallest absolute Gasteiger partial charge is 0.337 e. The Hall–Kier alpha value is -2.08. The van der Waals surface area contributed by atoms with E-state index in [1.807, 2.05) is 6.92 Å². The molecule has 1 aliphatic heterocycles. The number of aromatic hydroxyl groups is 1. The number of phenolic OH excluding ortho intramolecular Hbond substituents is 1. The van der Waals surface area contributed by atoms with E-state index in [1.165, 1.54) is 12.1 Å². The summed E-state index contributed by atoms with van der Waals surface area (Å²) in [6.07, 6.45) is 0.730. The van der Waals surface area contributed by atoms with E-state index >= 15 is 0 Å². The van der Waals surface area contributed by atoms with E-state index in [2.05, 4.69) is 10.6 Å². The number of carbonyl (C=O) groups is 2.